The third-order valence-electron chi connectivity index (χ3n) is 1.61. The number of nitrogens with zero attached hydrogens (tertiary/aromatic N) is 1. The molecule has 1 aromatic heterocycles. The molecule has 0 radical (unpaired) electrons. The summed E-state index contributed by atoms with van der Waals surface area (Å²) in [5.41, 5.74) is 0. The lowest BCUT2D eigenvalue weighted by Crippen LogP contribution is -2.24. The first kappa shape index (κ1) is 13.7. The van der Waals surface area contributed by atoms with Gasteiger partial charge in [-0.2, -0.15) is 0 Å². The molecule has 0 unspecified atom stereocenters. The van der Waals surface area contributed by atoms with Crippen molar-refractivity contribution in [2.75, 3.05) is 6.54 Å². The van der Waals surface area contributed by atoms with E-state index in [1.807, 2.05) is 27.7 Å². The number of likely N-dealkylation sites (N-methyl/N-ethyl adjacent to an activating group) is 1. The maximum absolute atomic E-state index is 11.1. The minimum absolute atomic E-state index is 0. The molecule has 88 valence electrons. The van der Waals surface area contributed by atoms with Gasteiger partial charge in [-0.05, 0) is 6.92 Å². The summed E-state index contributed by atoms with van der Waals surface area (Å²) in [6.45, 7) is 8.49. The number of aryl methyl sites for hydroxylation is 1. The number of oxazole rings is 1. The lowest BCUT2D eigenvalue weighted by molar-refractivity contribution is -0.120. The minimum atomic E-state index is -0.0266. The number of amides is 1. The Balaban J connectivity index is 0. The normalized spacial score (nSPS) is 9.07. The van der Waals surface area contributed by atoms with Gasteiger partial charge in [-0.3, -0.25) is 4.79 Å². The molecule has 4 heteroatoms. The molecule has 0 saturated heterocycles. The smallest absolute Gasteiger partial charge is 0.227 e. The van der Waals surface area contributed by atoms with Gasteiger partial charge in [-0.15, -0.1) is 0 Å². The Kier molecular flexibility index (Phi) is 7.32. The molecular weight excluding hydrogens is 192 g/mol. The lowest BCUT2D eigenvalue weighted by Gasteiger charge is -1.97. The molecule has 1 heterocycles. The van der Waals surface area contributed by atoms with Crippen molar-refractivity contribution in [3.8, 4) is 0 Å². The van der Waals surface area contributed by atoms with Gasteiger partial charge in [-0.25, -0.2) is 4.98 Å². The van der Waals surface area contributed by atoms with Crippen molar-refractivity contribution in [2.45, 2.75) is 40.5 Å². The summed E-state index contributed by atoms with van der Waals surface area (Å²) in [6.07, 6.45) is 2.64. The largest absolute Gasteiger partial charge is 0.445 e. The standard InChI is InChI=1S/C9H14N2O2.C2H6.H2/c1-3-9-11-6-7(13-9)5-8(12)10-4-2;1-2;/h6H,3-5H2,1-2H3,(H,10,12);1-2H3;1H. The SMILES string of the molecule is CC.CCNC(=O)Cc1cnc(CC)o1.[HH]. The van der Waals surface area contributed by atoms with Crippen LogP contribution in [0, 0.1) is 0 Å². The number of carbonyl (C=O) groups is 1. The molecule has 0 bridgehead atoms. The zero-order chi connectivity index (χ0) is 11.7. The summed E-state index contributed by atoms with van der Waals surface area (Å²) in [5.74, 6) is 1.28. The Morgan fingerprint density at radius 2 is 2.20 bits per heavy atom. The highest BCUT2D eigenvalue weighted by Gasteiger charge is 2.06. The van der Waals surface area contributed by atoms with Crippen LogP contribution in [0.2, 0.25) is 0 Å². The molecule has 1 aromatic rings. The van der Waals surface area contributed by atoms with Gasteiger partial charge in [0.25, 0.3) is 0 Å². The first-order valence-corrected chi connectivity index (χ1v) is 5.46. The molecule has 15 heavy (non-hydrogen) atoms. The molecule has 4 nitrogen and oxygen atoms in total. The summed E-state index contributed by atoms with van der Waals surface area (Å²) in [7, 11) is 0. The average molecular weight is 214 g/mol. The first-order chi connectivity index (χ1) is 7.26. The van der Waals surface area contributed by atoms with Gasteiger partial charge in [0.1, 0.15) is 5.76 Å². The quantitative estimate of drug-likeness (QED) is 0.835. The molecule has 1 rings (SSSR count). The van der Waals surface area contributed by atoms with Crippen LogP contribution in [0.25, 0.3) is 0 Å². The topological polar surface area (TPSA) is 55.1 Å². The maximum atomic E-state index is 11.1. The number of aromatic nitrogens is 1. The van der Waals surface area contributed by atoms with Crippen molar-refractivity contribution in [1.82, 2.24) is 10.3 Å². The van der Waals surface area contributed by atoms with E-state index < -0.39 is 0 Å². The van der Waals surface area contributed by atoms with E-state index >= 15 is 0 Å². The third kappa shape index (κ3) is 5.20. The molecular formula is C11H22N2O2. The molecule has 0 saturated carbocycles. The Bertz CT molecular complexity index is 287. The molecule has 0 aromatic carbocycles. The first-order valence-electron chi connectivity index (χ1n) is 5.46. The fourth-order valence-corrected chi connectivity index (χ4v) is 1.01. The van der Waals surface area contributed by atoms with E-state index in [-0.39, 0.29) is 13.8 Å². The lowest BCUT2D eigenvalue weighted by atomic mass is 10.3. The van der Waals surface area contributed by atoms with Crippen molar-refractivity contribution < 1.29 is 10.6 Å². The summed E-state index contributed by atoms with van der Waals surface area (Å²) in [6, 6.07) is 0. The Morgan fingerprint density at radius 1 is 1.53 bits per heavy atom. The van der Waals surface area contributed by atoms with Gasteiger partial charge in [0.2, 0.25) is 5.91 Å². The zero-order valence-electron chi connectivity index (χ0n) is 9.96. The Morgan fingerprint density at radius 3 is 2.67 bits per heavy atom. The summed E-state index contributed by atoms with van der Waals surface area (Å²) in [5, 5.41) is 2.69. The van der Waals surface area contributed by atoms with Gasteiger partial charge in [0, 0.05) is 14.4 Å². The molecule has 0 atom stereocenters. The Labute approximate surface area is 92.6 Å². The van der Waals surface area contributed by atoms with Gasteiger partial charge in [0.05, 0.1) is 12.6 Å². The fraction of sp³-hybridized carbons (Fsp3) is 0.636. The maximum Gasteiger partial charge on any atom is 0.227 e. The van der Waals surface area contributed by atoms with E-state index in [9.17, 15) is 4.79 Å². The highest BCUT2D eigenvalue weighted by atomic mass is 16.4. The summed E-state index contributed by atoms with van der Waals surface area (Å²) >= 11 is 0. The second kappa shape index (κ2) is 8.03. The van der Waals surface area contributed by atoms with Gasteiger partial charge >= 0.3 is 0 Å². The van der Waals surface area contributed by atoms with Crippen molar-refractivity contribution in [3.63, 3.8) is 0 Å². The van der Waals surface area contributed by atoms with Crippen LogP contribution >= 0.6 is 0 Å². The van der Waals surface area contributed by atoms with E-state index in [1.165, 1.54) is 0 Å². The highest BCUT2D eigenvalue weighted by Crippen LogP contribution is 2.04. The number of nitrogens with one attached hydrogen (secondary N) is 1. The zero-order valence-corrected chi connectivity index (χ0v) is 9.96. The van der Waals surface area contributed by atoms with Crippen LogP contribution in [0.3, 0.4) is 0 Å². The molecule has 0 spiro atoms. The molecule has 0 aliphatic rings. The minimum Gasteiger partial charge on any atom is -0.445 e. The van der Waals surface area contributed by atoms with Crippen molar-refractivity contribution in [1.29, 1.82) is 0 Å². The van der Waals surface area contributed by atoms with Crippen LogP contribution in [0.5, 0.6) is 0 Å². The number of hydrogen-bond donors (Lipinski definition) is 1. The third-order valence-corrected chi connectivity index (χ3v) is 1.61. The van der Waals surface area contributed by atoms with Crippen LogP contribution in [0.15, 0.2) is 10.6 Å². The second-order valence-corrected chi connectivity index (χ2v) is 2.70. The van der Waals surface area contributed by atoms with E-state index in [0.29, 0.717) is 18.2 Å². The number of hydrogen-bond acceptors (Lipinski definition) is 3. The Hall–Kier alpha value is -1.32. The van der Waals surface area contributed by atoms with Crippen LogP contribution in [-0.4, -0.2) is 17.4 Å². The molecule has 0 fully saturated rings. The fourth-order valence-electron chi connectivity index (χ4n) is 1.01. The number of rotatable bonds is 4. The second-order valence-electron chi connectivity index (χ2n) is 2.70. The molecule has 1 N–H and O–H groups in total. The van der Waals surface area contributed by atoms with Crippen molar-refractivity contribution in [3.05, 3.63) is 17.8 Å². The van der Waals surface area contributed by atoms with Crippen LogP contribution < -0.4 is 5.32 Å². The van der Waals surface area contributed by atoms with Crippen LogP contribution in [-0.2, 0) is 17.6 Å². The van der Waals surface area contributed by atoms with E-state index in [2.05, 4.69) is 10.3 Å². The monoisotopic (exact) mass is 214 g/mol. The average Bonchev–Trinajstić information content (AvgIpc) is 2.69. The van der Waals surface area contributed by atoms with E-state index in [0.717, 1.165) is 6.42 Å². The van der Waals surface area contributed by atoms with Gasteiger partial charge < -0.3 is 9.73 Å². The van der Waals surface area contributed by atoms with E-state index in [1.54, 1.807) is 6.20 Å². The molecule has 1 amide bonds. The predicted octanol–water partition coefficient (Wildman–Crippen LogP) is 2.19. The molecule has 0 aliphatic heterocycles. The van der Waals surface area contributed by atoms with Crippen molar-refractivity contribution >= 4 is 5.91 Å². The van der Waals surface area contributed by atoms with Crippen LogP contribution in [0.4, 0.5) is 0 Å². The highest BCUT2D eigenvalue weighted by molar-refractivity contribution is 5.77. The van der Waals surface area contributed by atoms with Gasteiger partial charge in [-0.1, -0.05) is 20.8 Å². The van der Waals surface area contributed by atoms with E-state index in [4.69, 9.17) is 4.42 Å². The molecule has 0 aliphatic carbocycles. The summed E-state index contributed by atoms with van der Waals surface area (Å²) < 4.78 is 5.28. The number of carbonyl (C=O) groups excluding carboxylic acids is 1. The van der Waals surface area contributed by atoms with Crippen LogP contribution in [0.1, 0.15) is 40.8 Å². The van der Waals surface area contributed by atoms with Gasteiger partial charge in [0.15, 0.2) is 5.89 Å². The van der Waals surface area contributed by atoms with Crippen molar-refractivity contribution in [2.24, 2.45) is 0 Å². The summed E-state index contributed by atoms with van der Waals surface area (Å²) in [4.78, 5) is 15.1. The predicted molar refractivity (Wildman–Crippen MR) is 61.7 cm³/mol.